The molecule has 9 heteroatoms. The lowest BCUT2D eigenvalue weighted by Crippen LogP contribution is -2.39. The number of guanidine groups is 1. The first-order chi connectivity index (χ1) is 13.2. The maximum absolute atomic E-state index is 5.91. The molecule has 1 saturated heterocycles. The molecular weight excluding hydrogens is 493 g/mol. The van der Waals surface area contributed by atoms with Crippen LogP contribution in [0.5, 0.6) is 0 Å². The molecule has 1 fully saturated rings. The fourth-order valence-electron chi connectivity index (χ4n) is 3.10. The van der Waals surface area contributed by atoms with Crippen molar-refractivity contribution in [3.05, 3.63) is 35.2 Å². The first-order valence-corrected chi connectivity index (χ1v) is 9.61. The second kappa shape index (κ2) is 11.6. The lowest BCUT2D eigenvalue weighted by Gasteiger charge is -2.26. The SMILES string of the molecule is CN=C(NCc1nc(-c2ccc(Cl)cc2)no1)N(C)CCC1CCOCC1.I. The van der Waals surface area contributed by atoms with E-state index >= 15 is 0 Å². The van der Waals surface area contributed by atoms with Crippen molar-refractivity contribution in [2.24, 2.45) is 10.9 Å². The van der Waals surface area contributed by atoms with Crippen molar-refractivity contribution in [3.8, 4) is 11.4 Å². The van der Waals surface area contributed by atoms with Crippen LogP contribution in [0.25, 0.3) is 11.4 Å². The number of hydrogen-bond donors (Lipinski definition) is 1. The van der Waals surface area contributed by atoms with Gasteiger partial charge in [-0.1, -0.05) is 16.8 Å². The zero-order valence-corrected chi connectivity index (χ0v) is 19.3. The molecule has 0 amide bonds. The summed E-state index contributed by atoms with van der Waals surface area (Å²) in [6, 6.07) is 7.35. The van der Waals surface area contributed by atoms with Gasteiger partial charge in [-0.2, -0.15) is 4.98 Å². The van der Waals surface area contributed by atoms with E-state index in [2.05, 4.69) is 25.3 Å². The van der Waals surface area contributed by atoms with E-state index in [4.69, 9.17) is 20.9 Å². The average Bonchev–Trinajstić information content (AvgIpc) is 3.17. The Bertz CT molecular complexity index is 747. The van der Waals surface area contributed by atoms with Crippen LogP contribution < -0.4 is 5.32 Å². The van der Waals surface area contributed by atoms with Crippen LogP contribution in [0.2, 0.25) is 5.02 Å². The van der Waals surface area contributed by atoms with E-state index in [0.29, 0.717) is 23.3 Å². The number of benzene rings is 1. The Morgan fingerprint density at radius 3 is 2.68 bits per heavy atom. The average molecular weight is 520 g/mol. The standard InChI is InChI=1S/C19H26ClN5O2.HI/c1-21-19(25(2)10-7-14-8-11-26-12-9-14)22-13-17-23-18(24-27-17)15-3-5-16(20)6-4-15;/h3-6,14H,7-13H2,1-2H3,(H,21,22);1H. The lowest BCUT2D eigenvalue weighted by molar-refractivity contribution is 0.0625. The Morgan fingerprint density at radius 2 is 2.00 bits per heavy atom. The molecule has 0 aliphatic carbocycles. The van der Waals surface area contributed by atoms with Gasteiger partial charge in [-0.3, -0.25) is 4.99 Å². The predicted molar refractivity (Wildman–Crippen MR) is 121 cm³/mol. The van der Waals surface area contributed by atoms with Crippen molar-refractivity contribution in [2.45, 2.75) is 25.8 Å². The summed E-state index contributed by atoms with van der Waals surface area (Å²) in [6.07, 6.45) is 3.44. The summed E-state index contributed by atoms with van der Waals surface area (Å²) in [5, 5.41) is 7.99. The van der Waals surface area contributed by atoms with Crippen LogP contribution in [0.15, 0.2) is 33.8 Å². The minimum absolute atomic E-state index is 0. The Hall–Kier alpha value is -1.39. The maximum atomic E-state index is 5.91. The van der Waals surface area contributed by atoms with Gasteiger partial charge >= 0.3 is 0 Å². The summed E-state index contributed by atoms with van der Waals surface area (Å²) in [4.78, 5) is 10.9. The molecule has 3 rings (SSSR count). The molecule has 7 nitrogen and oxygen atoms in total. The number of rotatable bonds is 6. The van der Waals surface area contributed by atoms with E-state index in [0.717, 1.165) is 56.5 Å². The van der Waals surface area contributed by atoms with Crippen molar-refractivity contribution in [2.75, 3.05) is 33.9 Å². The predicted octanol–water partition coefficient (Wildman–Crippen LogP) is 3.83. The molecule has 0 atom stereocenters. The van der Waals surface area contributed by atoms with E-state index < -0.39 is 0 Å². The molecule has 1 N–H and O–H groups in total. The van der Waals surface area contributed by atoms with Crippen LogP contribution in [-0.2, 0) is 11.3 Å². The van der Waals surface area contributed by atoms with Gasteiger partial charge in [-0.15, -0.1) is 24.0 Å². The molecule has 0 bridgehead atoms. The number of aromatic nitrogens is 2. The Kier molecular flexibility index (Phi) is 9.46. The number of halogens is 2. The molecule has 0 saturated carbocycles. The third-order valence-electron chi connectivity index (χ3n) is 4.76. The van der Waals surface area contributed by atoms with Gasteiger partial charge in [0.2, 0.25) is 11.7 Å². The molecule has 1 aromatic carbocycles. The Labute approximate surface area is 187 Å². The minimum Gasteiger partial charge on any atom is -0.381 e. The van der Waals surface area contributed by atoms with Gasteiger partial charge < -0.3 is 19.5 Å². The molecule has 28 heavy (non-hydrogen) atoms. The van der Waals surface area contributed by atoms with Crippen LogP contribution in [0.1, 0.15) is 25.2 Å². The summed E-state index contributed by atoms with van der Waals surface area (Å²) in [5.74, 6) is 2.61. The van der Waals surface area contributed by atoms with Crippen molar-refractivity contribution in [3.63, 3.8) is 0 Å². The van der Waals surface area contributed by atoms with Crippen LogP contribution in [0, 0.1) is 5.92 Å². The van der Waals surface area contributed by atoms with Crippen LogP contribution in [0.4, 0.5) is 0 Å². The van der Waals surface area contributed by atoms with Crippen molar-refractivity contribution < 1.29 is 9.26 Å². The summed E-state index contributed by atoms with van der Waals surface area (Å²) < 4.78 is 10.8. The first kappa shape index (κ1) is 22.9. The molecule has 154 valence electrons. The van der Waals surface area contributed by atoms with Crippen LogP contribution >= 0.6 is 35.6 Å². The highest BCUT2D eigenvalue weighted by atomic mass is 127. The third kappa shape index (κ3) is 6.59. The normalized spacial score (nSPS) is 15.2. The van der Waals surface area contributed by atoms with E-state index in [9.17, 15) is 0 Å². The highest BCUT2D eigenvalue weighted by Crippen LogP contribution is 2.19. The summed E-state index contributed by atoms with van der Waals surface area (Å²) in [5.41, 5.74) is 0.868. The van der Waals surface area contributed by atoms with Crippen LogP contribution in [0.3, 0.4) is 0 Å². The number of aliphatic imine (C=N–C) groups is 1. The smallest absolute Gasteiger partial charge is 0.246 e. The van der Waals surface area contributed by atoms with E-state index in [1.807, 2.05) is 19.2 Å². The van der Waals surface area contributed by atoms with E-state index in [-0.39, 0.29) is 24.0 Å². The van der Waals surface area contributed by atoms with Crippen molar-refractivity contribution >= 4 is 41.5 Å². The van der Waals surface area contributed by atoms with Crippen LogP contribution in [-0.4, -0.2) is 54.9 Å². The summed E-state index contributed by atoms with van der Waals surface area (Å²) in [6.45, 7) is 3.14. The Balaban J connectivity index is 0.00000280. The number of hydrogen-bond acceptors (Lipinski definition) is 5. The molecule has 0 radical (unpaired) electrons. The molecule has 2 aromatic rings. The molecule has 0 unspecified atom stereocenters. The molecule has 1 aliphatic rings. The summed E-state index contributed by atoms with van der Waals surface area (Å²) in [7, 11) is 3.82. The molecule has 1 aromatic heterocycles. The fraction of sp³-hybridized carbons (Fsp3) is 0.526. The first-order valence-electron chi connectivity index (χ1n) is 9.23. The van der Waals surface area contributed by atoms with Crippen molar-refractivity contribution in [1.29, 1.82) is 0 Å². The zero-order chi connectivity index (χ0) is 19.1. The molecular formula is C19H27ClIN5O2. The number of ether oxygens (including phenoxy) is 1. The van der Waals surface area contributed by atoms with Gasteiger partial charge in [0.25, 0.3) is 0 Å². The van der Waals surface area contributed by atoms with Gasteiger partial charge in [0, 0.05) is 44.4 Å². The molecule has 2 heterocycles. The highest BCUT2D eigenvalue weighted by molar-refractivity contribution is 14.0. The highest BCUT2D eigenvalue weighted by Gasteiger charge is 2.16. The second-order valence-electron chi connectivity index (χ2n) is 6.69. The molecule has 0 spiro atoms. The van der Waals surface area contributed by atoms with Crippen molar-refractivity contribution in [1.82, 2.24) is 20.4 Å². The number of nitrogens with zero attached hydrogens (tertiary/aromatic N) is 4. The van der Waals surface area contributed by atoms with Gasteiger partial charge in [0.15, 0.2) is 5.96 Å². The topological polar surface area (TPSA) is 75.8 Å². The number of nitrogens with one attached hydrogen (secondary N) is 1. The second-order valence-corrected chi connectivity index (χ2v) is 7.12. The van der Waals surface area contributed by atoms with Gasteiger partial charge in [0.05, 0.1) is 6.54 Å². The van der Waals surface area contributed by atoms with Gasteiger partial charge in [-0.05, 0) is 49.4 Å². The largest absolute Gasteiger partial charge is 0.381 e. The molecule has 1 aliphatic heterocycles. The quantitative estimate of drug-likeness (QED) is 0.355. The minimum atomic E-state index is 0. The Morgan fingerprint density at radius 1 is 1.29 bits per heavy atom. The lowest BCUT2D eigenvalue weighted by atomic mass is 9.96. The van der Waals surface area contributed by atoms with Gasteiger partial charge in [0.1, 0.15) is 0 Å². The van der Waals surface area contributed by atoms with E-state index in [1.165, 1.54) is 0 Å². The summed E-state index contributed by atoms with van der Waals surface area (Å²) >= 11 is 5.91. The zero-order valence-electron chi connectivity index (χ0n) is 16.2. The van der Waals surface area contributed by atoms with E-state index in [1.54, 1.807) is 19.2 Å². The third-order valence-corrected chi connectivity index (χ3v) is 5.01. The maximum Gasteiger partial charge on any atom is 0.246 e. The fourth-order valence-corrected chi connectivity index (χ4v) is 3.23. The monoisotopic (exact) mass is 519 g/mol. The van der Waals surface area contributed by atoms with Gasteiger partial charge in [-0.25, -0.2) is 0 Å².